The summed E-state index contributed by atoms with van der Waals surface area (Å²) in [5.41, 5.74) is 1.05. The number of carboxylic acids is 1. The first-order valence-electron chi connectivity index (χ1n) is 8.35. The van der Waals surface area contributed by atoms with Gasteiger partial charge < -0.3 is 15.2 Å². The van der Waals surface area contributed by atoms with Crippen LogP contribution < -0.4 is 10.1 Å². The van der Waals surface area contributed by atoms with Gasteiger partial charge in [0.1, 0.15) is 10.6 Å². The van der Waals surface area contributed by atoms with Crippen LogP contribution in [-0.4, -0.2) is 30.1 Å². The maximum Gasteiger partial charge on any atom is 0.306 e. The Morgan fingerprint density at radius 3 is 2.44 bits per heavy atom. The maximum absolute atomic E-state index is 12.7. The van der Waals surface area contributed by atoms with E-state index in [0.29, 0.717) is 36.3 Å². The van der Waals surface area contributed by atoms with Crippen LogP contribution in [0.1, 0.15) is 35.4 Å². The highest BCUT2D eigenvalue weighted by Crippen LogP contribution is 2.36. The van der Waals surface area contributed by atoms with Crippen molar-refractivity contribution in [3.05, 3.63) is 41.3 Å². The van der Waals surface area contributed by atoms with Gasteiger partial charge in [-0.3, -0.25) is 9.59 Å². The molecular weight excluding hydrogens is 338 g/mol. The highest BCUT2D eigenvalue weighted by atomic mass is 32.1. The van der Waals surface area contributed by atoms with Crippen LogP contribution in [-0.2, 0) is 4.79 Å². The molecule has 1 aromatic carbocycles. The first-order chi connectivity index (χ1) is 12.1. The van der Waals surface area contributed by atoms with Gasteiger partial charge in [-0.05, 0) is 37.3 Å². The van der Waals surface area contributed by atoms with Crippen molar-refractivity contribution in [1.82, 2.24) is 5.32 Å². The molecule has 1 aromatic heterocycles. The van der Waals surface area contributed by atoms with Crippen molar-refractivity contribution in [3.8, 4) is 16.2 Å². The zero-order chi connectivity index (χ0) is 17.8. The molecule has 5 nitrogen and oxygen atoms in total. The molecule has 132 valence electrons. The number of methoxy groups -OCH3 is 1. The molecule has 0 atom stereocenters. The molecule has 0 radical (unpaired) electrons. The number of aliphatic carboxylic acids is 1. The average molecular weight is 359 g/mol. The SMILES string of the molecule is COc1cc(-c2ccccc2)sc1C(=O)NC1CCC(C(=O)O)CC1. The Morgan fingerprint density at radius 1 is 1.16 bits per heavy atom. The van der Waals surface area contributed by atoms with Crippen LogP contribution in [0.15, 0.2) is 36.4 Å². The maximum atomic E-state index is 12.7. The Morgan fingerprint density at radius 2 is 1.84 bits per heavy atom. The first-order valence-corrected chi connectivity index (χ1v) is 9.17. The molecule has 25 heavy (non-hydrogen) atoms. The van der Waals surface area contributed by atoms with Crippen molar-refractivity contribution in [1.29, 1.82) is 0 Å². The van der Waals surface area contributed by atoms with Gasteiger partial charge in [-0.2, -0.15) is 0 Å². The number of rotatable bonds is 5. The summed E-state index contributed by atoms with van der Waals surface area (Å²) >= 11 is 1.41. The van der Waals surface area contributed by atoms with Crippen molar-refractivity contribution >= 4 is 23.2 Å². The van der Waals surface area contributed by atoms with Crippen molar-refractivity contribution in [3.63, 3.8) is 0 Å². The van der Waals surface area contributed by atoms with Gasteiger partial charge in [-0.25, -0.2) is 0 Å². The number of carbonyl (C=O) groups is 2. The lowest BCUT2D eigenvalue weighted by molar-refractivity contribution is -0.142. The van der Waals surface area contributed by atoms with Gasteiger partial charge in [-0.1, -0.05) is 30.3 Å². The number of carboxylic acid groups (broad SMARTS) is 1. The summed E-state index contributed by atoms with van der Waals surface area (Å²) in [5.74, 6) is -0.602. The molecule has 1 amide bonds. The van der Waals surface area contributed by atoms with Gasteiger partial charge in [0, 0.05) is 10.9 Å². The predicted octanol–water partition coefficient (Wildman–Crippen LogP) is 3.80. The zero-order valence-corrected chi connectivity index (χ0v) is 14.8. The quantitative estimate of drug-likeness (QED) is 0.851. The van der Waals surface area contributed by atoms with Gasteiger partial charge >= 0.3 is 5.97 Å². The Kier molecular flexibility index (Phi) is 5.38. The topological polar surface area (TPSA) is 75.6 Å². The Labute approximate surface area is 150 Å². The first kappa shape index (κ1) is 17.5. The van der Waals surface area contributed by atoms with E-state index in [1.165, 1.54) is 11.3 Å². The third-order valence-electron chi connectivity index (χ3n) is 4.59. The molecule has 2 aromatic rings. The van der Waals surface area contributed by atoms with Gasteiger partial charge in [-0.15, -0.1) is 11.3 Å². The fourth-order valence-electron chi connectivity index (χ4n) is 3.16. The molecule has 0 spiro atoms. The summed E-state index contributed by atoms with van der Waals surface area (Å²) in [7, 11) is 1.56. The highest BCUT2D eigenvalue weighted by Gasteiger charge is 2.28. The molecule has 0 bridgehead atoms. The van der Waals surface area contributed by atoms with Crippen molar-refractivity contribution in [2.75, 3.05) is 7.11 Å². The van der Waals surface area contributed by atoms with Crippen LogP contribution in [0.2, 0.25) is 0 Å². The summed E-state index contributed by atoms with van der Waals surface area (Å²) in [4.78, 5) is 25.2. The van der Waals surface area contributed by atoms with E-state index >= 15 is 0 Å². The Balaban J connectivity index is 1.70. The molecule has 1 aliphatic rings. The third-order valence-corrected chi connectivity index (χ3v) is 5.76. The van der Waals surface area contributed by atoms with E-state index in [2.05, 4.69) is 5.32 Å². The third kappa shape index (κ3) is 4.02. The van der Waals surface area contributed by atoms with Crippen molar-refractivity contribution in [2.45, 2.75) is 31.7 Å². The van der Waals surface area contributed by atoms with Crippen LogP contribution in [0.4, 0.5) is 0 Å². The second kappa shape index (κ2) is 7.70. The summed E-state index contributed by atoms with van der Waals surface area (Å²) in [6.45, 7) is 0. The lowest BCUT2D eigenvalue weighted by Crippen LogP contribution is -2.38. The fraction of sp³-hybridized carbons (Fsp3) is 0.368. The smallest absolute Gasteiger partial charge is 0.306 e. The Hall–Kier alpha value is -2.34. The van der Waals surface area contributed by atoms with E-state index < -0.39 is 5.97 Å². The van der Waals surface area contributed by atoms with Crippen LogP contribution >= 0.6 is 11.3 Å². The second-order valence-electron chi connectivity index (χ2n) is 6.23. The van der Waals surface area contributed by atoms with E-state index in [4.69, 9.17) is 9.84 Å². The van der Waals surface area contributed by atoms with Crippen molar-refractivity contribution in [2.24, 2.45) is 5.92 Å². The molecule has 6 heteroatoms. The summed E-state index contributed by atoms with van der Waals surface area (Å²) in [5, 5.41) is 12.1. The highest BCUT2D eigenvalue weighted by molar-refractivity contribution is 7.17. The minimum absolute atomic E-state index is 0.0232. The number of ether oxygens (including phenoxy) is 1. The second-order valence-corrected chi connectivity index (χ2v) is 7.29. The van der Waals surface area contributed by atoms with Gasteiger partial charge in [0.15, 0.2) is 0 Å². The number of hydrogen-bond acceptors (Lipinski definition) is 4. The van der Waals surface area contributed by atoms with Crippen molar-refractivity contribution < 1.29 is 19.4 Å². The number of hydrogen-bond donors (Lipinski definition) is 2. The van der Waals surface area contributed by atoms with E-state index in [9.17, 15) is 9.59 Å². The lowest BCUT2D eigenvalue weighted by Gasteiger charge is -2.26. The number of carbonyl (C=O) groups excluding carboxylic acids is 1. The molecule has 1 heterocycles. The molecule has 1 fully saturated rings. The largest absolute Gasteiger partial charge is 0.495 e. The normalized spacial score (nSPS) is 20.0. The average Bonchev–Trinajstić information content (AvgIpc) is 3.07. The molecule has 0 aliphatic heterocycles. The van der Waals surface area contributed by atoms with Gasteiger partial charge in [0.25, 0.3) is 5.91 Å². The van der Waals surface area contributed by atoms with Crippen LogP contribution in [0.3, 0.4) is 0 Å². The van der Waals surface area contributed by atoms with E-state index in [-0.39, 0.29) is 17.9 Å². The van der Waals surface area contributed by atoms with E-state index in [0.717, 1.165) is 10.4 Å². The minimum Gasteiger partial charge on any atom is -0.495 e. The minimum atomic E-state index is -0.739. The summed E-state index contributed by atoms with van der Waals surface area (Å²) in [6, 6.07) is 11.8. The monoisotopic (exact) mass is 359 g/mol. The van der Waals surface area contributed by atoms with E-state index in [1.807, 2.05) is 36.4 Å². The molecule has 3 rings (SSSR count). The van der Waals surface area contributed by atoms with Crippen LogP contribution in [0.5, 0.6) is 5.75 Å². The Bertz CT molecular complexity index is 748. The number of amides is 1. The molecule has 2 N–H and O–H groups in total. The predicted molar refractivity (Wildman–Crippen MR) is 97.2 cm³/mol. The van der Waals surface area contributed by atoms with Gasteiger partial charge in [0.2, 0.25) is 0 Å². The van der Waals surface area contributed by atoms with Gasteiger partial charge in [0.05, 0.1) is 13.0 Å². The summed E-state index contributed by atoms with van der Waals surface area (Å²) < 4.78 is 5.38. The molecule has 1 aliphatic carbocycles. The number of nitrogens with one attached hydrogen (secondary N) is 1. The fourth-order valence-corrected chi connectivity index (χ4v) is 4.20. The lowest BCUT2D eigenvalue weighted by atomic mass is 9.86. The number of benzene rings is 1. The van der Waals surface area contributed by atoms with Crippen LogP contribution in [0.25, 0.3) is 10.4 Å². The standard InChI is InChI=1S/C19H21NO4S/c1-24-15-11-16(12-5-3-2-4-6-12)25-17(15)18(21)20-14-9-7-13(8-10-14)19(22)23/h2-6,11,13-14H,7-10H2,1H3,(H,20,21)(H,22,23). The molecule has 0 saturated heterocycles. The summed E-state index contributed by atoms with van der Waals surface area (Å²) in [6.07, 6.45) is 2.61. The van der Waals surface area contributed by atoms with E-state index in [1.54, 1.807) is 7.11 Å². The molecule has 1 saturated carbocycles. The number of thiophene rings is 1. The molecule has 0 unspecified atom stereocenters. The van der Waals surface area contributed by atoms with Crippen LogP contribution in [0, 0.1) is 5.92 Å². The zero-order valence-electron chi connectivity index (χ0n) is 14.0. The molecular formula is C19H21NO4S.